The molecular weight excluding hydrogens is 500 g/mol. The van der Waals surface area contributed by atoms with Gasteiger partial charge in [0.15, 0.2) is 0 Å². The quantitative estimate of drug-likeness (QED) is 0.297. The molecule has 1 aromatic heterocycles. The highest BCUT2D eigenvalue weighted by atomic mass is 35.5. The Kier molecular flexibility index (Phi) is 8.24. The molecule has 2 N–H and O–H groups in total. The Morgan fingerprint density at radius 2 is 1.82 bits per heavy atom. The van der Waals surface area contributed by atoms with Gasteiger partial charge < -0.3 is 14.6 Å². The molecule has 0 saturated carbocycles. The molecule has 1 aliphatic heterocycles. The molecule has 0 spiro atoms. The number of anilines is 1. The van der Waals surface area contributed by atoms with E-state index in [-0.39, 0.29) is 5.69 Å². The Bertz CT molecular complexity index is 1240. The number of nitrogens with one attached hydrogen (secondary N) is 2. The van der Waals surface area contributed by atoms with Crippen molar-refractivity contribution in [2.24, 2.45) is 0 Å². The van der Waals surface area contributed by atoms with E-state index >= 15 is 0 Å². The highest BCUT2D eigenvalue weighted by Crippen LogP contribution is 2.35. The Morgan fingerprint density at radius 1 is 1.03 bits per heavy atom. The van der Waals surface area contributed by atoms with E-state index in [1.165, 1.54) is 62.8 Å². The lowest BCUT2D eigenvalue weighted by Crippen LogP contribution is -2.30. The van der Waals surface area contributed by atoms with Crippen LogP contribution in [0.5, 0.6) is 5.75 Å². The summed E-state index contributed by atoms with van der Waals surface area (Å²) in [5, 5.41) is 1.23. The number of rotatable bonds is 10. The van der Waals surface area contributed by atoms with Crippen LogP contribution in [-0.4, -0.2) is 44.5 Å². The van der Waals surface area contributed by atoms with Crippen molar-refractivity contribution in [1.82, 2.24) is 9.88 Å². The van der Waals surface area contributed by atoms with E-state index < -0.39 is 20.7 Å². The highest BCUT2D eigenvalue weighted by Gasteiger charge is 2.22. The van der Waals surface area contributed by atoms with Crippen molar-refractivity contribution in [2.45, 2.75) is 43.4 Å². The first-order valence-electron chi connectivity index (χ1n) is 11.5. The average Bonchev–Trinajstić information content (AvgIpc) is 3.21. The first-order chi connectivity index (χ1) is 16.3. The molecule has 0 bridgehead atoms. The van der Waals surface area contributed by atoms with Crippen LogP contribution in [0.2, 0.25) is 10.0 Å². The van der Waals surface area contributed by atoms with Crippen LogP contribution in [0.25, 0.3) is 10.9 Å². The minimum absolute atomic E-state index is 0.218. The number of hydrogen-bond donors (Lipinski definition) is 2. The molecule has 0 radical (unpaired) electrons. The van der Waals surface area contributed by atoms with Gasteiger partial charge in [0.05, 0.1) is 27.9 Å². The second kappa shape index (κ2) is 11.2. The number of ether oxygens (including phenoxy) is 1. The molecule has 1 fully saturated rings. The largest absolute Gasteiger partial charge is 0.493 e. The Morgan fingerprint density at radius 3 is 2.59 bits per heavy atom. The zero-order chi connectivity index (χ0) is 24.1. The SMILES string of the molecule is O=S(=O)(Nc1ccc(Cl)c2c(Cl)c[nH]c12)c1ccc(OCCCCCN2CCCCC2)cc1F. The number of likely N-dealkylation sites (tertiary alicyclic amines) is 1. The minimum atomic E-state index is -4.19. The summed E-state index contributed by atoms with van der Waals surface area (Å²) in [6.07, 6.45) is 8.45. The number of unbranched alkanes of at least 4 members (excludes halogenated alkanes) is 2. The van der Waals surface area contributed by atoms with Gasteiger partial charge in [-0.05, 0) is 76.0 Å². The molecule has 0 aliphatic carbocycles. The predicted octanol–water partition coefficient (Wildman–Crippen LogP) is 6.45. The Balaban J connectivity index is 1.33. The Labute approximate surface area is 209 Å². The van der Waals surface area contributed by atoms with E-state index in [0.717, 1.165) is 31.9 Å². The third kappa shape index (κ3) is 5.97. The van der Waals surface area contributed by atoms with Gasteiger partial charge in [-0.25, -0.2) is 12.8 Å². The molecule has 2 aromatic carbocycles. The third-order valence-electron chi connectivity index (χ3n) is 6.01. The number of fused-ring (bicyclic) bond motifs is 1. The number of H-pyrrole nitrogens is 1. The summed E-state index contributed by atoms with van der Waals surface area (Å²) in [6.45, 7) is 3.96. The van der Waals surface area contributed by atoms with Crippen LogP contribution < -0.4 is 9.46 Å². The van der Waals surface area contributed by atoms with Gasteiger partial charge in [-0.2, -0.15) is 0 Å². The van der Waals surface area contributed by atoms with Gasteiger partial charge in [0, 0.05) is 17.6 Å². The van der Waals surface area contributed by atoms with Crippen LogP contribution in [0.1, 0.15) is 38.5 Å². The van der Waals surface area contributed by atoms with Crippen LogP contribution >= 0.6 is 23.2 Å². The topological polar surface area (TPSA) is 74.4 Å². The van der Waals surface area contributed by atoms with Crippen LogP contribution in [0.3, 0.4) is 0 Å². The number of aromatic amines is 1. The number of aromatic nitrogens is 1. The second-order valence-electron chi connectivity index (χ2n) is 8.49. The number of nitrogens with zero attached hydrogens (tertiary/aromatic N) is 1. The molecule has 0 amide bonds. The fraction of sp³-hybridized carbons (Fsp3) is 0.417. The van der Waals surface area contributed by atoms with Crippen molar-refractivity contribution in [1.29, 1.82) is 0 Å². The summed E-state index contributed by atoms with van der Waals surface area (Å²) in [6, 6.07) is 6.80. The smallest absolute Gasteiger partial charge is 0.264 e. The predicted molar refractivity (Wildman–Crippen MR) is 135 cm³/mol. The number of halogens is 3. The lowest BCUT2D eigenvalue weighted by atomic mass is 10.1. The van der Waals surface area contributed by atoms with Crippen molar-refractivity contribution < 1.29 is 17.5 Å². The molecule has 1 saturated heterocycles. The number of hydrogen-bond acceptors (Lipinski definition) is 4. The second-order valence-corrected chi connectivity index (χ2v) is 11.0. The Hall–Kier alpha value is -2.00. The number of piperidine rings is 1. The monoisotopic (exact) mass is 527 g/mol. The first kappa shape index (κ1) is 25.1. The van der Waals surface area contributed by atoms with E-state index in [4.69, 9.17) is 27.9 Å². The summed E-state index contributed by atoms with van der Waals surface area (Å²) in [5.41, 5.74) is 0.636. The number of sulfonamides is 1. The van der Waals surface area contributed by atoms with Crippen molar-refractivity contribution >= 4 is 49.8 Å². The molecule has 0 atom stereocenters. The summed E-state index contributed by atoms with van der Waals surface area (Å²) in [7, 11) is -4.19. The zero-order valence-corrected chi connectivity index (χ0v) is 21.1. The fourth-order valence-electron chi connectivity index (χ4n) is 4.23. The normalized spacial score (nSPS) is 15.0. The lowest BCUT2D eigenvalue weighted by molar-refractivity contribution is 0.221. The van der Waals surface area contributed by atoms with Crippen LogP contribution in [-0.2, 0) is 10.0 Å². The molecule has 4 rings (SSSR count). The third-order valence-corrected chi connectivity index (χ3v) is 8.02. The van der Waals surface area contributed by atoms with Crippen molar-refractivity contribution in [2.75, 3.05) is 31.0 Å². The van der Waals surface area contributed by atoms with Crippen molar-refractivity contribution in [3.05, 3.63) is 52.4 Å². The van der Waals surface area contributed by atoms with Gasteiger partial charge in [-0.1, -0.05) is 29.6 Å². The summed E-state index contributed by atoms with van der Waals surface area (Å²) < 4.78 is 48.5. The highest BCUT2D eigenvalue weighted by molar-refractivity contribution is 7.92. The standard InChI is InChI=1S/C24H28Cl2FN3O3S/c25-18-8-9-21(24-23(18)19(26)16-28-24)29-34(31,32)22-10-7-17(15-20(22)27)33-14-6-2-5-13-30-11-3-1-4-12-30/h7-10,15-16,28-29H,1-6,11-14H2. The molecule has 3 aromatic rings. The van der Waals surface area contributed by atoms with E-state index in [1.807, 2.05) is 0 Å². The van der Waals surface area contributed by atoms with E-state index in [0.29, 0.717) is 33.3 Å². The number of benzene rings is 2. The maximum atomic E-state index is 14.7. The molecular formula is C24H28Cl2FN3O3S. The fourth-order valence-corrected chi connectivity index (χ4v) is 5.92. The molecule has 2 heterocycles. The molecule has 34 heavy (non-hydrogen) atoms. The van der Waals surface area contributed by atoms with Gasteiger partial charge in [0.1, 0.15) is 16.5 Å². The van der Waals surface area contributed by atoms with E-state index in [2.05, 4.69) is 14.6 Å². The lowest BCUT2D eigenvalue weighted by Gasteiger charge is -2.26. The average molecular weight is 528 g/mol. The molecule has 10 heteroatoms. The van der Waals surface area contributed by atoms with Crippen LogP contribution in [0.15, 0.2) is 41.4 Å². The van der Waals surface area contributed by atoms with E-state index in [9.17, 15) is 12.8 Å². The molecule has 6 nitrogen and oxygen atoms in total. The van der Waals surface area contributed by atoms with E-state index in [1.54, 1.807) is 0 Å². The van der Waals surface area contributed by atoms with Gasteiger partial charge in [-0.3, -0.25) is 4.72 Å². The maximum Gasteiger partial charge on any atom is 0.264 e. The molecule has 0 unspecified atom stereocenters. The van der Waals surface area contributed by atoms with Gasteiger partial charge in [-0.15, -0.1) is 0 Å². The summed E-state index contributed by atoms with van der Waals surface area (Å²) in [5.74, 6) is -0.581. The van der Waals surface area contributed by atoms with Crippen LogP contribution in [0, 0.1) is 5.82 Å². The van der Waals surface area contributed by atoms with Gasteiger partial charge in [0.25, 0.3) is 10.0 Å². The summed E-state index contributed by atoms with van der Waals surface area (Å²) in [4.78, 5) is 4.93. The van der Waals surface area contributed by atoms with Gasteiger partial charge in [0.2, 0.25) is 0 Å². The maximum absolute atomic E-state index is 14.7. The first-order valence-corrected chi connectivity index (χ1v) is 13.7. The van der Waals surface area contributed by atoms with Crippen LogP contribution in [0.4, 0.5) is 10.1 Å². The zero-order valence-electron chi connectivity index (χ0n) is 18.7. The van der Waals surface area contributed by atoms with Crippen molar-refractivity contribution in [3.63, 3.8) is 0 Å². The summed E-state index contributed by atoms with van der Waals surface area (Å²) >= 11 is 12.3. The molecule has 1 aliphatic rings. The molecule has 184 valence electrons. The van der Waals surface area contributed by atoms with Crippen molar-refractivity contribution in [3.8, 4) is 5.75 Å². The minimum Gasteiger partial charge on any atom is -0.493 e. The van der Waals surface area contributed by atoms with Gasteiger partial charge >= 0.3 is 0 Å².